The number of benzene rings is 1. The van der Waals surface area contributed by atoms with E-state index in [4.69, 9.17) is 5.73 Å². The zero-order valence-electron chi connectivity index (χ0n) is 14.5. The average Bonchev–Trinajstić information content (AvgIpc) is 3.30. The third-order valence-corrected chi connectivity index (χ3v) is 7.20. The number of carbonyl (C=O) groups excluding carboxylic acids is 1. The number of amides is 1. The minimum absolute atomic E-state index is 0.0327. The molecule has 0 radical (unpaired) electrons. The van der Waals surface area contributed by atoms with Gasteiger partial charge in [0.15, 0.2) is 0 Å². The van der Waals surface area contributed by atoms with Crippen molar-refractivity contribution in [3.63, 3.8) is 0 Å². The van der Waals surface area contributed by atoms with Crippen LogP contribution in [0, 0.1) is 18.7 Å². The Bertz CT molecular complexity index is 855. The Morgan fingerprint density at radius 3 is 3.00 bits per heavy atom. The van der Waals surface area contributed by atoms with Gasteiger partial charge < -0.3 is 10.6 Å². The average molecular weight is 438 g/mol. The monoisotopic (exact) mass is 437 g/mol. The van der Waals surface area contributed by atoms with Crippen LogP contribution in [0.1, 0.15) is 41.2 Å². The van der Waals surface area contributed by atoms with Crippen molar-refractivity contribution in [2.75, 3.05) is 6.54 Å². The van der Waals surface area contributed by atoms with Crippen LogP contribution < -0.4 is 5.73 Å². The van der Waals surface area contributed by atoms with E-state index in [0.29, 0.717) is 22.6 Å². The summed E-state index contributed by atoms with van der Waals surface area (Å²) in [7, 11) is 0. The largest absolute Gasteiger partial charge is 0.330 e. The molecule has 2 heterocycles. The summed E-state index contributed by atoms with van der Waals surface area (Å²) in [5.41, 5.74) is 7.25. The van der Waals surface area contributed by atoms with Crippen LogP contribution in [0.25, 0.3) is 10.4 Å². The standard InChI is InChI=1S/C19H21BrFN3OS/c1-10-23-17(18(26-10)12-5-6-15(21)14(20)8-12)19(25)24-13(9-22)7-11-3-2-4-16(11)24/h5-6,8,11,13,16H,2-4,7,9,22H2,1H3/t11-,13-,16-/m0/s1. The smallest absolute Gasteiger partial charge is 0.274 e. The van der Waals surface area contributed by atoms with Crippen molar-refractivity contribution in [1.29, 1.82) is 0 Å². The molecule has 1 aliphatic heterocycles. The summed E-state index contributed by atoms with van der Waals surface area (Å²) in [6.07, 6.45) is 4.39. The first-order valence-corrected chi connectivity index (χ1v) is 10.6. The van der Waals surface area contributed by atoms with E-state index >= 15 is 0 Å². The van der Waals surface area contributed by atoms with Gasteiger partial charge >= 0.3 is 0 Å². The second-order valence-electron chi connectivity index (χ2n) is 7.14. The first-order chi connectivity index (χ1) is 12.5. The molecule has 1 aromatic carbocycles. The maximum absolute atomic E-state index is 13.6. The summed E-state index contributed by atoms with van der Waals surface area (Å²) in [5.74, 6) is 0.213. The van der Waals surface area contributed by atoms with Crippen LogP contribution in [0.15, 0.2) is 22.7 Å². The summed E-state index contributed by atoms with van der Waals surface area (Å²) in [6, 6.07) is 5.20. The van der Waals surface area contributed by atoms with Gasteiger partial charge in [-0.25, -0.2) is 9.37 Å². The number of fused-ring (bicyclic) bond motifs is 1. The molecule has 0 unspecified atom stereocenters. The molecule has 2 aliphatic rings. The van der Waals surface area contributed by atoms with Crippen molar-refractivity contribution in [2.45, 2.75) is 44.7 Å². The van der Waals surface area contributed by atoms with Gasteiger partial charge in [-0.2, -0.15) is 0 Å². The number of hydrogen-bond donors (Lipinski definition) is 1. The number of rotatable bonds is 3. The van der Waals surface area contributed by atoms with Gasteiger partial charge in [-0.3, -0.25) is 4.79 Å². The normalized spacial score (nSPS) is 24.9. The number of likely N-dealkylation sites (tertiary alicyclic amines) is 1. The molecule has 2 N–H and O–H groups in total. The molecular formula is C19H21BrFN3OS. The fraction of sp³-hybridized carbons (Fsp3) is 0.474. The fourth-order valence-electron chi connectivity index (χ4n) is 4.45. The molecule has 1 aromatic heterocycles. The fourth-order valence-corrected chi connectivity index (χ4v) is 5.73. The second kappa shape index (κ2) is 7.02. The predicted octanol–water partition coefficient (Wildman–Crippen LogP) is 4.36. The number of carbonyl (C=O) groups is 1. The zero-order chi connectivity index (χ0) is 18.4. The van der Waals surface area contributed by atoms with E-state index in [1.54, 1.807) is 12.1 Å². The van der Waals surface area contributed by atoms with Gasteiger partial charge in [-0.15, -0.1) is 11.3 Å². The van der Waals surface area contributed by atoms with E-state index in [1.165, 1.54) is 30.2 Å². The van der Waals surface area contributed by atoms with Crippen LogP contribution >= 0.6 is 27.3 Å². The quantitative estimate of drug-likeness (QED) is 0.775. The molecular weight excluding hydrogens is 417 g/mol. The Balaban J connectivity index is 1.73. The maximum atomic E-state index is 13.6. The molecule has 2 aromatic rings. The van der Waals surface area contributed by atoms with Crippen molar-refractivity contribution in [3.8, 4) is 10.4 Å². The minimum Gasteiger partial charge on any atom is -0.330 e. The van der Waals surface area contributed by atoms with Crippen LogP contribution in [-0.2, 0) is 0 Å². The van der Waals surface area contributed by atoms with E-state index < -0.39 is 0 Å². The Hall–Kier alpha value is -1.31. The summed E-state index contributed by atoms with van der Waals surface area (Å²) in [4.78, 5) is 20.8. The molecule has 1 aliphatic carbocycles. The van der Waals surface area contributed by atoms with E-state index in [1.807, 2.05) is 11.8 Å². The minimum atomic E-state index is -0.320. The lowest BCUT2D eigenvalue weighted by Gasteiger charge is -2.29. The molecule has 26 heavy (non-hydrogen) atoms. The van der Waals surface area contributed by atoms with Gasteiger partial charge in [0.25, 0.3) is 5.91 Å². The molecule has 1 amide bonds. The molecule has 4 rings (SSSR count). The lowest BCUT2D eigenvalue weighted by Crippen LogP contribution is -2.44. The molecule has 7 heteroatoms. The van der Waals surface area contributed by atoms with Gasteiger partial charge in [-0.1, -0.05) is 12.5 Å². The number of nitrogens with two attached hydrogens (primary N) is 1. The highest BCUT2D eigenvalue weighted by Gasteiger charge is 2.46. The highest BCUT2D eigenvalue weighted by atomic mass is 79.9. The topological polar surface area (TPSA) is 59.2 Å². The lowest BCUT2D eigenvalue weighted by atomic mass is 10.0. The van der Waals surface area contributed by atoms with Crippen LogP contribution in [0.3, 0.4) is 0 Å². The van der Waals surface area contributed by atoms with E-state index in [-0.39, 0.29) is 23.8 Å². The van der Waals surface area contributed by atoms with E-state index in [0.717, 1.165) is 28.3 Å². The summed E-state index contributed by atoms with van der Waals surface area (Å²) in [6.45, 7) is 2.38. The highest BCUT2D eigenvalue weighted by Crippen LogP contribution is 2.43. The predicted molar refractivity (Wildman–Crippen MR) is 105 cm³/mol. The van der Waals surface area contributed by atoms with Crippen LogP contribution in [0.4, 0.5) is 4.39 Å². The number of hydrogen-bond acceptors (Lipinski definition) is 4. The summed E-state index contributed by atoms with van der Waals surface area (Å²) >= 11 is 4.70. The number of aromatic nitrogens is 1. The first kappa shape index (κ1) is 18.1. The Morgan fingerprint density at radius 1 is 1.46 bits per heavy atom. The van der Waals surface area contributed by atoms with Crippen LogP contribution in [0.5, 0.6) is 0 Å². The first-order valence-electron chi connectivity index (χ1n) is 8.95. The number of thiazole rings is 1. The Kier molecular flexibility index (Phi) is 4.88. The molecule has 0 spiro atoms. The van der Waals surface area contributed by atoms with Crippen molar-refractivity contribution in [1.82, 2.24) is 9.88 Å². The Morgan fingerprint density at radius 2 is 2.27 bits per heavy atom. The maximum Gasteiger partial charge on any atom is 0.274 e. The van der Waals surface area contributed by atoms with Crippen LogP contribution in [-0.4, -0.2) is 34.4 Å². The van der Waals surface area contributed by atoms with Gasteiger partial charge in [-0.05, 0) is 65.7 Å². The Labute approximate surface area is 164 Å². The number of aryl methyl sites for hydroxylation is 1. The molecule has 1 saturated carbocycles. The summed E-state index contributed by atoms with van der Waals surface area (Å²) in [5, 5.41) is 0.829. The van der Waals surface area contributed by atoms with Crippen LogP contribution in [0.2, 0.25) is 0 Å². The van der Waals surface area contributed by atoms with Gasteiger partial charge in [0.1, 0.15) is 11.5 Å². The van der Waals surface area contributed by atoms with Crippen molar-refractivity contribution >= 4 is 33.2 Å². The van der Waals surface area contributed by atoms with Gasteiger partial charge in [0, 0.05) is 18.6 Å². The molecule has 1 saturated heterocycles. The molecule has 3 atom stereocenters. The number of nitrogens with zero attached hydrogens (tertiary/aromatic N) is 2. The third-order valence-electron chi connectivity index (χ3n) is 5.57. The summed E-state index contributed by atoms with van der Waals surface area (Å²) < 4.78 is 14.0. The molecule has 0 bridgehead atoms. The van der Waals surface area contributed by atoms with E-state index in [2.05, 4.69) is 20.9 Å². The molecule has 138 valence electrons. The second-order valence-corrected chi connectivity index (χ2v) is 9.19. The van der Waals surface area contributed by atoms with Gasteiger partial charge in [0.05, 0.1) is 14.4 Å². The van der Waals surface area contributed by atoms with Crippen molar-refractivity contribution in [3.05, 3.63) is 39.2 Å². The lowest BCUT2D eigenvalue weighted by molar-refractivity contribution is 0.0660. The number of halogens is 2. The SMILES string of the molecule is Cc1nc(C(=O)N2[C@H](CN)C[C@@H]3CCC[C@@H]32)c(-c2ccc(F)c(Br)c2)s1. The van der Waals surface area contributed by atoms with Gasteiger partial charge in [0.2, 0.25) is 0 Å². The zero-order valence-corrected chi connectivity index (χ0v) is 16.9. The third kappa shape index (κ3) is 3.00. The molecule has 2 fully saturated rings. The van der Waals surface area contributed by atoms with Crippen molar-refractivity contribution in [2.24, 2.45) is 11.7 Å². The van der Waals surface area contributed by atoms with E-state index in [9.17, 15) is 9.18 Å². The highest BCUT2D eigenvalue weighted by molar-refractivity contribution is 9.10. The molecule has 4 nitrogen and oxygen atoms in total. The van der Waals surface area contributed by atoms with Crippen molar-refractivity contribution < 1.29 is 9.18 Å².